The second-order valence-corrected chi connectivity index (χ2v) is 6.14. The molecule has 0 spiro atoms. The predicted molar refractivity (Wildman–Crippen MR) is 92.3 cm³/mol. The lowest BCUT2D eigenvalue weighted by atomic mass is 10.1. The third kappa shape index (κ3) is 6.47. The van der Waals surface area contributed by atoms with Crippen LogP contribution in [0.3, 0.4) is 0 Å². The summed E-state index contributed by atoms with van der Waals surface area (Å²) in [7, 11) is 1.73. The third-order valence-corrected chi connectivity index (χ3v) is 4.11. The molecule has 0 bridgehead atoms. The van der Waals surface area contributed by atoms with Gasteiger partial charge in [-0.05, 0) is 24.8 Å². The summed E-state index contributed by atoms with van der Waals surface area (Å²) in [5.74, 6) is 0.0903. The number of nitrogens with zero attached hydrogens (tertiary/aromatic N) is 1. The molecule has 1 saturated carbocycles. The molecule has 1 amide bonds. The van der Waals surface area contributed by atoms with E-state index in [-0.39, 0.29) is 36.9 Å². The van der Waals surface area contributed by atoms with Gasteiger partial charge in [-0.3, -0.25) is 4.79 Å². The number of carbonyl (C=O) groups is 1. The molecule has 6 heteroatoms. The van der Waals surface area contributed by atoms with Gasteiger partial charge in [0.15, 0.2) is 0 Å². The maximum atomic E-state index is 12.2. The average Bonchev–Trinajstić information content (AvgIpc) is 2.94. The van der Waals surface area contributed by atoms with Crippen LogP contribution in [0.25, 0.3) is 0 Å². The maximum Gasteiger partial charge on any atom is 0.225 e. The Hall–Kier alpha value is -1.14. The van der Waals surface area contributed by atoms with Crippen molar-refractivity contribution < 1.29 is 14.6 Å². The molecule has 2 rings (SSSR count). The van der Waals surface area contributed by atoms with Crippen LogP contribution in [0.5, 0.6) is 0 Å². The van der Waals surface area contributed by atoms with E-state index in [1.54, 1.807) is 11.9 Å². The van der Waals surface area contributed by atoms with Crippen LogP contribution in [0.4, 0.5) is 0 Å². The van der Waals surface area contributed by atoms with Gasteiger partial charge in [0.1, 0.15) is 0 Å². The quantitative estimate of drug-likeness (QED) is 0.788. The highest BCUT2D eigenvalue weighted by Gasteiger charge is 2.30. The summed E-state index contributed by atoms with van der Waals surface area (Å²) in [6.45, 7) is 0.975. The average molecular weight is 343 g/mol. The fourth-order valence-electron chi connectivity index (χ4n) is 2.90. The van der Waals surface area contributed by atoms with Gasteiger partial charge in [0.05, 0.1) is 19.3 Å². The molecule has 3 N–H and O–H groups in total. The molecule has 1 aliphatic carbocycles. The first kappa shape index (κ1) is 19.9. The van der Waals surface area contributed by atoms with E-state index in [0.29, 0.717) is 13.2 Å². The van der Waals surface area contributed by atoms with E-state index in [4.69, 9.17) is 10.5 Å². The summed E-state index contributed by atoms with van der Waals surface area (Å²) < 4.78 is 5.50. The van der Waals surface area contributed by atoms with Crippen LogP contribution < -0.4 is 5.73 Å². The van der Waals surface area contributed by atoms with E-state index in [1.165, 1.54) is 0 Å². The van der Waals surface area contributed by atoms with Gasteiger partial charge in [0.2, 0.25) is 5.91 Å². The number of aliphatic hydroxyl groups excluding tert-OH is 1. The van der Waals surface area contributed by atoms with Crippen LogP contribution in [0.15, 0.2) is 30.3 Å². The zero-order valence-corrected chi connectivity index (χ0v) is 14.4. The number of hydrogen-bond donors (Lipinski definition) is 2. The molecule has 0 radical (unpaired) electrons. The molecule has 130 valence electrons. The van der Waals surface area contributed by atoms with Crippen molar-refractivity contribution in [3.05, 3.63) is 35.9 Å². The van der Waals surface area contributed by atoms with Crippen molar-refractivity contribution >= 4 is 18.3 Å². The summed E-state index contributed by atoms with van der Waals surface area (Å²) >= 11 is 0. The molecule has 0 heterocycles. The number of carbonyl (C=O) groups excluding carboxylic acids is 1. The van der Waals surface area contributed by atoms with Crippen LogP contribution in [-0.2, 0) is 16.1 Å². The molecule has 3 atom stereocenters. The minimum absolute atomic E-state index is 0. The first-order valence-electron chi connectivity index (χ1n) is 7.86. The van der Waals surface area contributed by atoms with Crippen LogP contribution in [0.2, 0.25) is 0 Å². The minimum Gasteiger partial charge on any atom is -0.389 e. The van der Waals surface area contributed by atoms with E-state index >= 15 is 0 Å². The molecule has 23 heavy (non-hydrogen) atoms. The van der Waals surface area contributed by atoms with Crippen LogP contribution in [0.1, 0.15) is 24.8 Å². The standard InChI is InChI=1S/C17H26N2O3.ClH/c1-19(17(21)14-7-8-15(18)9-14)10-16(20)12-22-11-13-5-3-2-4-6-13;/h2-6,14-16,20H,7-12,18H2,1H3;1H. The molecular weight excluding hydrogens is 316 g/mol. The summed E-state index contributed by atoms with van der Waals surface area (Å²) in [6.07, 6.45) is 1.84. The summed E-state index contributed by atoms with van der Waals surface area (Å²) in [5, 5.41) is 10.00. The van der Waals surface area contributed by atoms with Crippen LogP contribution in [0, 0.1) is 5.92 Å². The van der Waals surface area contributed by atoms with Crippen molar-refractivity contribution in [2.75, 3.05) is 20.2 Å². The Balaban J connectivity index is 0.00000264. The first-order valence-corrected chi connectivity index (χ1v) is 7.86. The highest BCUT2D eigenvalue weighted by Crippen LogP contribution is 2.25. The van der Waals surface area contributed by atoms with E-state index in [2.05, 4.69) is 0 Å². The zero-order valence-electron chi connectivity index (χ0n) is 13.6. The largest absolute Gasteiger partial charge is 0.389 e. The minimum atomic E-state index is -0.673. The molecule has 0 aromatic heterocycles. The monoisotopic (exact) mass is 342 g/mol. The Kier molecular flexibility index (Phi) is 8.55. The van der Waals surface area contributed by atoms with Crippen molar-refractivity contribution in [1.29, 1.82) is 0 Å². The van der Waals surface area contributed by atoms with Gasteiger partial charge >= 0.3 is 0 Å². The molecular formula is C17H27ClN2O3. The Morgan fingerprint density at radius 2 is 2.09 bits per heavy atom. The molecule has 3 unspecified atom stereocenters. The van der Waals surface area contributed by atoms with Gasteiger partial charge in [-0.15, -0.1) is 12.4 Å². The Labute approximate surface area is 144 Å². The smallest absolute Gasteiger partial charge is 0.225 e. The molecule has 5 nitrogen and oxygen atoms in total. The number of rotatable bonds is 7. The normalized spacial score (nSPS) is 21.5. The van der Waals surface area contributed by atoms with Gasteiger partial charge in [0.25, 0.3) is 0 Å². The maximum absolute atomic E-state index is 12.2. The second kappa shape index (κ2) is 9.88. The zero-order chi connectivity index (χ0) is 15.9. The van der Waals surface area contributed by atoms with Gasteiger partial charge in [-0.1, -0.05) is 30.3 Å². The van der Waals surface area contributed by atoms with Crippen LogP contribution >= 0.6 is 12.4 Å². The molecule has 1 fully saturated rings. The number of ether oxygens (including phenoxy) is 1. The van der Waals surface area contributed by atoms with Gasteiger partial charge in [-0.25, -0.2) is 0 Å². The highest BCUT2D eigenvalue weighted by atomic mass is 35.5. The van der Waals surface area contributed by atoms with Gasteiger partial charge in [-0.2, -0.15) is 0 Å². The number of nitrogens with two attached hydrogens (primary N) is 1. The molecule has 1 aromatic carbocycles. The van der Waals surface area contributed by atoms with E-state index in [9.17, 15) is 9.90 Å². The summed E-state index contributed by atoms with van der Waals surface area (Å²) in [4.78, 5) is 13.8. The van der Waals surface area contributed by atoms with Crippen molar-refractivity contribution in [2.24, 2.45) is 11.7 Å². The lowest BCUT2D eigenvalue weighted by molar-refractivity contribution is -0.135. The molecule has 1 aromatic rings. The van der Waals surface area contributed by atoms with Gasteiger partial charge in [0, 0.05) is 25.6 Å². The van der Waals surface area contributed by atoms with E-state index in [1.807, 2.05) is 30.3 Å². The fourth-order valence-corrected chi connectivity index (χ4v) is 2.90. The lowest BCUT2D eigenvalue weighted by Crippen LogP contribution is -2.39. The number of halogens is 1. The second-order valence-electron chi connectivity index (χ2n) is 6.14. The Morgan fingerprint density at radius 1 is 1.39 bits per heavy atom. The first-order chi connectivity index (χ1) is 10.6. The predicted octanol–water partition coefficient (Wildman–Crippen LogP) is 1.57. The topological polar surface area (TPSA) is 75.8 Å². The number of amides is 1. The lowest BCUT2D eigenvalue weighted by Gasteiger charge is -2.23. The SMILES string of the molecule is CN(CC(O)COCc1ccccc1)C(=O)C1CCC(N)C1.Cl. The highest BCUT2D eigenvalue weighted by molar-refractivity contribution is 5.85. The fraction of sp³-hybridized carbons (Fsp3) is 0.588. The molecule has 1 aliphatic rings. The number of hydrogen-bond acceptors (Lipinski definition) is 4. The number of benzene rings is 1. The van der Waals surface area contributed by atoms with Crippen molar-refractivity contribution in [3.8, 4) is 0 Å². The summed E-state index contributed by atoms with van der Waals surface area (Å²) in [6, 6.07) is 9.95. The molecule has 0 saturated heterocycles. The van der Waals surface area contributed by atoms with E-state index in [0.717, 1.165) is 24.8 Å². The molecule has 0 aliphatic heterocycles. The number of likely N-dealkylation sites (N-methyl/N-ethyl adjacent to an activating group) is 1. The van der Waals surface area contributed by atoms with Crippen molar-refractivity contribution in [2.45, 2.75) is 38.0 Å². The summed E-state index contributed by atoms with van der Waals surface area (Å²) in [5.41, 5.74) is 6.91. The van der Waals surface area contributed by atoms with Crippen LogP contribution in [-0.4, -0.2) is 48.3 Å². The van der Waals surface area contributed by atoms with Crippen molar-refractivity contribution in [3.63, 3.8) is 0 Å². The Morgan fingerprint density at radius 3 is 2.70 bits per heavy atom. The van der Waals surface area contributed by atoms with Crippen molar-refractivity contribution in [1.82, 2.24) is 4.90 Å². The van der Waals surface area contributed by atoms with Gasteiger partial charge < -0.3 is 20.5 Å². The Bertz CT molecular complexity index is 472. The van der Waals surface area contributed by atoms with E-state index < -0.39 is 6.10 Å². The third-order valence-electron chi connectivity index (χ3n) is 4.11. The number of aliphatic hydroxyl groups is 1.